The molecule has 21 heavy (non-hydrogen) atoms. The molecule has 1 aliphatic rings. The minimum Gasteiger partial charge on any atom is -0.336 e. The number of nitrogens with zero attached hydrogens (tertiary/aromatic N) is 1. The van der Waals surface area contributed by atoms with Crippen molar-refractivity contribution in [1.82, 2.24) is 10.6 Å². The summed E-state index contributed by atoms with van der Waals surface area (Å²) in [5, 5.41) is 6.47. The summed E-state index contributed by atoms with van der Waals surface area (Å²) in [5.74, 6) is -0.141. The molecule has 7 heteroatoms. The molecular formula is C14H17Cl2N3O2. The quantitative estimate of drug-likeness (QED) is 0.872. The van der Waals surface area contributed by atoms with E-state index >= 15 is 0 Å². The Bertz CT molecular complexity index is 527. The zero-order valence-electron chi connectivity index (χ0n) is 11.7. The standard InChI is InChI=1S/C14H17Cl2N3O2/c1-9(20)19(13-7-10(15)6-11(16)8-13)5-4-17-14(21)18-12-2-3-12/h6-8,12H,2-5H2,1H3,(H2,17,18,21). The van der Waals surface area contributed by atoms with Crippen molar-refractivity contribution >= 4 is 40.8 Å². The zero-order valence-corrected chi connectivity index (χ0v) is 13.2. The smallest absolute Gasteiger partial charge is 0.315 e. The summed E-state index contributed by atoms with van der Waals surface area (Å²) in [6, 6.07) is 5.04. The van der Waals surface area contributed by atoms with Crippen LogP contribution in [0.25, 0.3) is 0 Å². The first kappa shape index (κ1) is 15.9. The molecule has 0 aliphatic heterocycles. The number of halogens is 2. The van der Waals surface area contributed by atoms with E-state index in [-0.39, 0.29) is 11.9 Å². The van der Waals surface area contributed by atoms with Crippen LogP contribution >= 0.6 is 23.2 Å². The summed E-state index contributed by atoms with van der Waals surface area (Å²) in [4.78, 5) is 24.8. The van der Waals surface area contributed by atoms with Crippen LogP contribution < -0.4 is 15.5 Å². The minimum atomic E-state index is -0.204. The van der Waals surface area contributed by atoms with Crippen molar-refractivity contribution in [3.63, 3.8) is 0 Å². The summed E-state index contributed by atoms with van der Waals surface area (Å²) >= 11 is 11.9. The van der Waals surface area contributed by atoms with E-state index in [2.05, 4.69) is 10.6 Å². The van der Waals surface area contributed by atoms with Gasteiger partial charge in [0, 0.05) is 41.8 Å². The van der Waals surface area contributed by atoms with E-state index in [1.807, 2.05) is 0 Å². The predicted molar refractivity (Wildman–Crippen MR) is 84.0 cm³/mol. The molecule has 5 nitrogen and oxygen atoms in total. The number of hydrogen-bond donors (Lipinski definition) is 2. The molecule has 0 atom stereocenters. The van der Waals surface area contributed by atoms with Gasteiger partial charge in [0.25, 0.3) is 0 Å². The first-order valence-electron chi connectivity index (χ1n) is 6.74. The van der Waals surface area contributed by atoms with Gasteiger partial charge >= 0.3 is 6.03 Å². The molecular weight excluding hydrogens is 313 g/mol. The van der Waals surface area contributed by atoms with Gasteiger partial charge in [0.15, 0.2) is 0 Å². The molecule has 1 aliphatic carbocycles. The molecule has 0 heterocycles. The fourth-order valence-corrected chi connectivity index (χ4v) is 2.42. The lowest BCUT2D eigenvalue weighted by molar-refractivity contribution is -0.116. The molecule has 0 bridgehead atoms. The molecule has 1 saturated carbocycles. The lowest BCUT2D eigenvalue weighted by Crippen LogP contribution is -2.42. The van der Waals surface area contributed by atoms with Gasteiger partial charge in [-0.05, 0) is 31.0 Å². The third kappa shape index (κ3) is 5.10. The number of benzene rings is 1. The van der Waals surface area contributed by atoms with E-state index in [9.17, 15) is 9.59 Å². The highest BCUT2D eigenvalue weighted by molar-refractivity contribution is 6.35. The third-order valence-electron chi connectivity index (χ3n) is 3.07. The van der Waals surface area contributed by atoms with Crippen LogP contribution in [0.4, 0.5) is 10.5 Å². The van der Waals surface area contributed by atoms with Gasteiger partial charge in [0.1, 0.15) is 0 Å². The Morgan fingerprint density at radius 2 is 1.86 bits per heavy atom. The number of urea groups is 1. The summed E-state index contributed by atoms with van der Waals surface area (Å²) in [6.45, 7) is 2.16. The number of rotatable bonds is 5. The van der Waals surface area contributed by atoms with Gasteiger partial charge in [-0.3, -0.25) is 4.79 Å². The van der Waals surface area contributed by atoms with Crippen LogP contribution in [0.3, 0.4) is 0 Å². The van der Waals surface area contributed by atoms with Crippen molar-refractivity contribution < 1.29 is 9.59 Å². The average molecular weight is 330 g/mol. The van der Waals surface area contributed by atoms with Gasteiger partial charge < -0.3 is 15.5 Å². The number of carbonyl (C=O) groups is 2. The lowest BCUT2D eigenvalue weighted by Gasteiger charge is -2.22. The second-order valence-electron chi connectivity index (χ2n) is 4.97. The molecule has 0 saturated heterocycles. The molecule has 2 N–H and O–H groups in total. The third-order valence-corrected chi connectivity index (χ3v) is 3.51. The van der Waals surface area contributed by atoms with Crippen molar-refractivity contribution in [2.75, 3.05) is 18.0 Å². The zero-order chi connectivity index (χ0) is 15.4. The fraction of sp³-hybridized carbons (Fsp3) is 0.429. The summed E-state index contributed by atoms with van der Waals surface area (Å²) in [6.07, 6.45) is 2.07. The predicted octanol–water partition coefficient (Wildman–Crippen LogP) is 2.81. The monoisotopic (exact) mass is 329 g/mol. The molecule has 2 rings (SSSR count). The second-order valence-corrected chi connectivity index (χ2v) is 5.85. The van der Waals surface area contributed by atoms with E-state index in [1.165, 1.54) is 11.8 Å². The van der Waals surface area contributed by atoms with Gasteiger partial charge in [-0.2, -0.15) is 0 Å². The van der Waals surface area contributed by atoms with Crippen LogP contribution in [0.15, 0.2) is 18.2 Å². The van der Waals surface area contributed by atoms with Crippen LogP contribution in [0, 0.1) is 0 Å². The van der Waals surface area contributed by atoms with Crippen molar-refractivity contribution in [1.29, 1.82) is 0 Å². The fourth-order valence-electron chi connectivity index (χ4n) is 1.91. The Hall–Kier alpha value is -1.46. The molecule has 0 radical (unpaired) electrons. The van der Waals surface area contributed by atoms with Crippen LogP contribution in [-0.2, 0) is 4.79 Å². The van der Waals surface area contributed by atoms with Crippen LogP contribution in [0.5, 0.6) is 0 Å². The molecule has 0 aromatic heterocycles. The van der Waals surface area contributed by atoms with Crippen LogP contribution in [0.1, 0.15) is 19.8 Å². The number of carbonyl (C=O) groups excluding carboxylic acids is 2. The highest BCUT2D eigenvalue weighted by Gasteiger charge is 2.23. The number of hydrogen-bond acceptors (Lipinski definition) is 2. The van der Waals surface area contributed by atoms with Crippen molar-refractivity contribution in [3.05, 3.63) is 28.2 Å². The molecule has 1 aromatic rings. The minimum absolute atomic E-state index is 0.141. The Kier molecular flexibility index (Phi) is 5.31. The van der Waals surface area contributed by atoms with Crippen LogP contribution in [0.2, 0.25) is 10.0 Å². The molecule has 0 spiro atoms. The molecule has 1 fully saturated rings. The summed E-state index contributed by atoms with van der Waals surface area (Å²) in [5.41, 5.74) is 0.615. The number of nitrogens with one attached hydrogen (secondary N) is 2. The van der Waals surface area contributed by atoms with Crippen LogP contribution in [-0.4, -0.2) is 31.1 Å². The van der Waals surface area contributed by atoms with E-state index in [4.69, 9.17) is 23.2 Å². The number of anilines is 1. The topological polar surface area (TPSA) is 61.4 Å². The molecule has 1 aromatic carbocycles. The van der Waals surface area contributed by atoms with Gasteiger partial charge in [0.2, 0.25) is 5.91 Å². The maximum atomic E-state index is 11.7. The van der Waals surface area contributed by atoms with E-state index < -0.39 is 0 Å². The Morgan fingerprint density at radius 1 is 1.24 bits per heavy atom. The maximum absolute atomic E-state index is 11.7. The van der Waals surface area contributed by atoms with E-state index in [0.717, 1.165) is 12.8 Å². The highest BCUT2D eigenvalue weighted by atomic mass is 35.5. The van der Waals surface area contributed by atoms with Gasteiger partial charge in [0.05, 0.1) is 0 Å². The highest BCUT2D eigenvalue weighted by Crippen LogP contribution is 2.25. The van der Waals surface area contributed by atoms with Gasteiger partial charge in [-0.15, -0.1) is 0 Å². The first-order valence-corrected chi connectivity index (χ1v) is 7.50. The van der Waals surface area contributed by atoms with Crippen molar-refractivity contribution in [2.24, 2.45) is 0 Å². The summed E-state index contributed by atoms with van der Waals surface area (Å²) < 4.78 is 0. The van der Waals surface area contributed by atoms with E-state index in [0.29, 0.717) is 34.9 Å². The largest absolute Gasteiger partial charge is 0.336 e. The molecule has 3 amide bonds. The molecule has 0 unspecified atom stereocenters. The Balaban J connectivity index is 1.92. The number of amides is 3. The second kappa shape index (κ2) is 7.00. The van der Waals surface area contributed by atoms with Gasteiger partial charge in [-0.1, -0.05) is 23.2 Å². The Labute approximate surface area is 133 Å². The Morgan fingerprint density at radius 3 is 2.38 bits per heavy atom. The lowest BCUT2D eigenvalue weighted by atomic mass is 10.2. The normalized spacial score (nSPS) is 13.7. The van der Waals surface area contributed by atoms with Gasteiger partial charge in [-0.25, -0.2) is 4.79 Å². The van der Waals surface area contributed by atoms with Crippen molar-refractivity contribution in [3.8, 4) is 0 Å². The maximum Gasteiger partial charge on any atom is 0.315 e. The summed E-state index contributed by atoms with van der Waals surface area (Å²) in [7, 11) is 0. The average Bonchev–Trinajstić information content (AvgIpc) is 3.16. The molecule has 114 valence electrons. The van der Waals surface area contributed by atoms with Crippen molar-refractivity contribution in [2.45, 2.75) is 25.8 Å². The first-order chi connectivity index (χ1) is 9.95. The SMILES string of the molecule is CC(=O)N(CCNC(=O)NC1CC1)c1cc(Cl)cc(Cl)c1. The van der Waals surface area contributed by atoms with E-state index in [1.54, 1.807) is 18.2 Å².